The van der Waals surface area contributed by atoms with Crippen LogP contribution in [0.2, 0.25) is 0 Å². The Morgan fingerprint density at radius 3 is 2.38 bits per heavy atom. The van der Waals surface area contributed by atoms with E-state index in [0.29, 0.717) is 0 Å². The molecule has 0 saturated heterocycles. The number of carbonyl (C=O) groups is 2. The first kappa shape index (κ1) is 17.5. The number of benzene rings is 2. The maximum atomic E-state index is 12.9. The van der Waals surface area contributed by atoms with Crippen LogP contribution in [-0.4, -0.2) is 11.8 Å². The summed E-state index contributed by atoms with van der Waals surface area (Å²) in [7, 11) is 0. The fourth-order valence-electron chi connectivity index (χ4n) is 2.10. The van der Waals surface area contributed by atoms with Gasteiger partial charge in [-0.3, -0.25) is 9.59 Å². The summed E-state index contributed by atoms with van der Waals surface area (Å²) >= 11 is 0. The lowest BCUT2D eigenvalue weighted by Gasteiger charge is -2.13. The molecule has 0 radical (unpaired) electrons. The van der Waals surface area contributed by atoms with Crippen molar-refractivity contribution in [2.24, 2.45) is 0 Å². The molecule has 2 aromatic carbocycles. The highest BCUT2D eigenvalue weighted by molar-refractivity contribution is 6.39. The summed E-state index contributed by atoms with van der Waals surface area (Å²) < 4.78 is 38.6. The van der Waals surface area contributed by atoms with Crippen LogP contribution in [0.4, 0.5) is 18.9 Å². The molecule has 0 saturated carbocycles. The van der Waals surface area contributed by atoms with Crippen molar-refractivity contribution in [3.8, 4) is 0 Å². The van der Waals surface area contributed by atoms with Crippen LogP contribution in [0, 0.1) is 6.92 Å². The Bertz CT molecular complexity index is 757. The average Bonchev–Trinajstić information content (AvgIpc) is 2.52. The zero-order chi connectivity index (χ0) is 17.7. The average molecular weight is 336 g/mol. The van der Waals surface area contributed by atoms with Gasteiger partial charge in [-0.15, -0.1) is 0 Å². The maximum absolute atomic E-state index is 12.9. The SMILES string of the molecule is Cc1cccc(CNC(=O)C(=O)Nc2ccccc2C(F)(F)F)c1. The number of aryl methyl sites for hydroxylation is 1. The molecule has 0 fully saturated rings. The molecule has 2 rings (SSSR count). The molecular weight excluding hydrogens is 321 g/mol. The molecule has 0 bridgehead atoms. The van der Waals surface area contributed by atoms with Crippen molar-refractivity contribution in [1.82, 2.24) is 5.32 Å². The van der Waals surface area contributed by atoms with Crippen molar-refractivity contribution < 1.29 is 22.8 Å². The summed E-state index contributed by atoms with van der Waals surface area (Å²) in [5.41, 5.74) is 0.308. The number of alkyl halides is 3. The van der Waals surface area contributed by atoms with Gasteiger partial charge in [0.05, 0.1) is 11.3 Å². The van der Waals surface area contributed by atoms with E-state index >= 15 is 0 Å². The normalized spacial score (nSPS) is 11.0. The molecule has 24 heavy (non-hydrogen) atoms. The largest absolute Gasteiger partial charge is 0.418 e. The molecule has 0 spiro atoms. The molecular formula is C17H15F3N2O2. The smallest absolute Gasteiger partial charge is 0.344 e. The van der Waals surface area contributed by atoms with Crippen LogP contribution in [0.15, 0.2) is 48.5 Å². The van der Waals surface area contributed by atoms with E-state index in [1.54, 1.807) is 12.1 Å². The van der Waals surface area contributed by atoms with Gasteiger partial charge in [-0.2, -0.15) is 13.2 Å². The van der Waals surface area contributed by atoms with Crippen molar-refractivity contribution in [1.29, 1.82) is 0 Å². The predicted octanol–water partition coefficient (Wildman–Crippen LogP) is 3.27. The number of halogens is 3. The molecule has 0 aliphatic carbocycles. The fraction of sp³-hybridized carbons (Fsp3) is 0.176. The van der Waals surface area contributed by atoms with Crippen LogP contribution >= 0.6 is 0 Å². The summed E-state index contributed by atoms with van der Waals surface area (Å²) in [6.07, 6.45) is -4.62. The molecule has 2 N–H and O–H groups in total. The summed E-state index contributed by atoms with van der Waals surface area (Å²) in [4.78, 5) is 23.6. The van der Waals surface area contributed by atoms with Crippen LogP contribution in [0.5, 0.6) is 0 Å². The number of anilines is 1. The second-order valence-electron chi connectivity index (χ2n) is 5.17. The van der Waals surface area contributed by atoms with Crippen molar-refractivity contribution in [3.63, 3.8) is 0 Å². The van der Waals surface area contributed by atoms with Crippen molar-refractivity contribution in [3.05, 3.63) is 65.2 Å². The first-order chi connectivity index (χ1) is 11.3. The Morgan fingerprint density at radius 2 is 1.71 bits per heavy atom. The van der Waals surface area contributed by atoms with E-state index in [4.69, 9.17) is 0 Å². The summed E-state index contributed by atoms with van der Waals surface area (Å²) in [6.45, 7) is 1.99. The predicted molar refractivity (Wildman–Crippen MR) is 83.1 cm³/mol. The Labute approximate surface area is 136 Å². The van der Waals surface area contributed by atoms with E-state index in [2.05, 4.69) is 5.32 Å². The van der Waals surface area contributed by atoms with Gasteiger partial charge in [-0.25, -0.2) is 0 Å². The van der Waals surface area contributed by atoms with Gasteiger partial charge in [-0.05, 0) is 24.6 Å². The summed E-state index contributed by atoms with van der Waals surface area (Å²) in [5, 5.41) is 4.37. The Hall–Kier alpha value is -2.83. The monoisotopic (exact) mass is 336 g/mol. The number of nitrogens with one attached hydrogen (secondary N) is 2. The number of amides is 2. The van der Waals surface area contributed by atoms with Crippen molar-refractivity contribution in [2.45, 2.75) is 19.6 Å². The third kappa shape index (κ3) is 4.58. The Kier molecular flexibility index (Phi) is 5.23. The van der Waals surface area contributed by atoms with Gasteiger partial charge in [0.15, 0.2) is 0 Å². The van der Waals surface area contributed by atoms with Crippen LogP contribution in [0.1, 0.15) is 16.7 Å². The molecule has 0 aromatic heterocycles. The topological polar surface area (TPSA) is 58.2 Å². The van der Waals surface area contributed by atoms with Crippen LogP contribution in [0.3, 0.4) is 0 Å². The van der Waals surface area contributed by atoms with Gasteiger partial charge in [-0.1, -0.05) is 42.0 Å². The van der Waals surface area contributed by atoms with Gasteiger partial charge in [0, 0.05) is 6.54 Å². The van der Waals surface area contributed by atoms with E-state index in [1.807, 2.05) is 24.4 Å². The van der Waals surface area contributed by atoms with Crippen LogP contribution in [0.25, 0.3) is 0 Å². The van der Waals surface area contributed by atoms with Gasteiger partial charge in [0.2, 0.25) is 0 Å². The molecule has 126 valence electrons. The minimum Gasteiger partial charge on any atom is -0.344 e. The molecule has 0 heterocycles. The Balaban J connectivity index is 2.01. The molecule has 2 amide bonds. The first-order valence-corrected chi connectivity index (χ1v) is 7.08. The minimum absolute atomic E-state index is 0.106. The standard InChI is InChI=1S/C17H15F3N2O2/c1-11-5-4-6-12(9-11)10-21-15(23)16(24)22-14-8-3-2-7-13(14)17(18,19)20/h2-9H,10H2,1H3,(H,21,23)(H,22,24). The number of hydrogen-bond donors (Lipinski definition) is 2. The molecule has 0 atom stereocenters. The van der Waals surface area contributed by atoms with Gasteiger partial charge in [0.25, 0.3) is 0 Å². The van der Waals surface area contributed by atoms with E-state index in [1.165, 1.54) is 12.1 Å². The van der Waals surface area contributed by atoms with Crippen molar-refractivity contribution in [2.75, 3.05) is 5.32 Å². The third-order valence-corrected chi connectivity index (χ3v) is 3.22. The van der Waals surface area contributed by atoms with E-state index < -0.39 is 29.2 Å². The quantitative estimate of drug-likeness (QED) is 0.845. The van der Waals surface area contributed by atoms with E-state index in [9.17, 15) is 22.8 Å². The maximum Gasteiger partial charge on any atom is 0.418 e. The van der Waals surface area contributed by atoms with Crippen LogP contribution < -0.4 is 10.6 Å². The van der Waals surface area contributed by atoms with Gasteiger partial charge >= 0.3 is 18.0 Å². The molecule has 0 aliphatic heterocycles. The van der Waals surface area contributed by atoms with Gasteiger partial charge in [0.1, 0.15) is 0 Å². The first-order valence-electron chi connectivity index (χ1n) is 7.08. The molecule has 4 nitrogen and oxygen atoms in total. The molecule has 2 aromatic rings. The van der Waals surface area contributed by atoms with E-state index in [0.717, 1.165) is 23.3 Å². The number of para-hydroxylation sites is 1. The Morgan fingerprint density at radius 1 is 1.00 bits per heavy atom. The fourth-order valence-corrected chi connectivity index (χ4v) is 2.10. The number of hydrogen-bond acceptors (Lipinski definition) is 2. The minimum atomic E-state index is -4.62. The summed E-state index contributed by atoms with van der Waals surface area (Å²) in [5.74, 6) is -2.16. The van der Waals surface area contributed by atoms with Crippen molar-refractivity contribution >= 4 is 17.5 Å². The second-order valence-corrected chi connectivity index (χ2v) is 5.17. The number of rotatable bonds is 3. The lowest BCUT2D eigenvalue weighted by atomic mass is 10.1. The van der Waals surface area contributed by atoms with E-state index in [-0.39, 0.29) is 6.54 Å². The third-order valence-electron chi connectivity index (χ3n) is 3.22. The molecule has 0 aliphatic rings. The highest BCUT2D eigenvalue weighted by Gasteiger charge is 2.33. The lowest BCUT2D eigenvalue weighted by molar-refractivity contribution is -0.138. The highest BCUT2D eigenvalue weighted by atomic mass is 19.4. The molecule has 7 heteroatoms. The van der Waals surface area contributed by atoms with Gasteiger partial charge < -0.3 is 10.6 Å². The lowest BCUT2D eigenvalue weighted by Crippen LogP contribution is -2.35. The summed E-state index contributed by atoms with van der Waals surface area (Å²) in [6, 6.07) is 11.8. The van der Waals surface area contributed by atoms with Crippen LogP contribution in [-0.2, 0) is 22.3 Å². The zero-order valence-electron chi connectivity index (χ0n) is 12.8. The number of carbonyl (C=O) groups excluding carboxylic acids is 2. The highest BCUT2D eigenvalue weighted by Crippen LogP contribution is 2.34. The zero-order valence-corrected chi connectivity index (χ0v) is 12.8. The second kappa shape index (κ2) is 7.16. The molecule has 0 unspecified atom stereocenters.